The van der Waals surface area contributed by atoms with Gasteiger partial charge < -0.3 is 9.52 Å². The third-order valence-corrected chi connectivity index (χ3v) is 3.53. The monoisotopic (exact) mass is 262 g/mol. The van der Waals surface area contributed by atoms with Crippen LogP contribution in [0.3, 0.4) is 0 Å². The Morgan fingerprint density at radius 3 is 2.89 bits per heavy atom. The summed E-state index contributed by atoms with van der Waals surface area (Å²) in [6.45, 7) is 0. The summed E-state index contributed by atoms with van der Waals surface area (Å²) in [6.07, 6.45) is 3.76. The molecule has 1 heterocycles. The van der Waals surface area contributed by atoms with Crippen LogP contribution in [0.15, 0.2) is 33.7 Å². The van der Waals surface area contributed by atoms with Crippen LogP contribution < -0.4 is 5.43 Å². The van der Waals surface area contributed by atoms with Gasteiger partial charge in [0.15, 0.2) is 0 Å². The van der Waals surface area contributed by atoms with E-state index < -0.39 is 0 Å². The summed E-state index contributed by atoms with van der Waals surface area (Å²) in [5.74, 6) is 1.18. The molecule has 4 heteroatoms. The van der Waals surface area contributed by atoms with Crippen molar-refractivity contribution in [1.29, 1.82) is 0 Å². The minimum Gasteiger partial charge on any atom is -0.515 e. The second-order valence-electron chi connectivity index (χ2n) is 4.43. The third-order valence-electron chi connectivity index (χ3n) is 3.24. The van der Waals surface area contributed by atoms with Crippen molar-refractivity contribution in [3.8, 4) is 11.3 Å². The lowest BCUT2D eigenvalue weighted by atomic mass is 9.91. The van der Waals surface area contributed by atoms with Crippen molar-refractivity contribution < 1.29 is 9.52 Å². The van der Waals surface area contributed by atoms with Gasteiger partial charge in [-0.3, -0.25) is 4.79 Å². The molecule has 3 nitrogen and oxygen atoms in total. The lowest BCUT2D eigenvalue weighted by Gasteiger charge is -2.19. The van der Waals surface area contributed by atoms with E-state index in [0.29, 0.717) is 11.5 Å². The van der Waals surface area contributed by atoms with Gasteiger partial charge in [-0.25, -0.2) is 0 Å². The maximum Gasteiger partial charge on any atom is 0.200 e. The minimum atomic E-state index is -0.252. The molecule has 0 aromatic heterocycles. The summed E-state index contributed by atoms with van der Waals surface area (Å²) in [4.78, 5) is 11.5. The first-order valence-electron chi connectivity index (χ1n) is 5.79. The second kappa shape index (κ2) is 4.18. The SMILES string of the molecule is O=c1cc2oc3c(cc-2cc1Cl)CCC/C3=C\O. The van der Waals surface area contributed by atoms with Gasteiger partial charge in [-0.05, 0) is 37.0 Å². The van der Waals surface area contributed by atoms with E-state index in [1.165, 1.54) is 6.07 Å². The quantitative estimate of drug-likeness (QED) is 0.738. The van der Waals surface area contributed by atoms with E-state index in [1.54, 1.807) is 6.07 Å². The molecule has 0 aromatic rings. The van der Waals surface area contributed by atoms with Crippen LogP contribution in [0.5, 0.6) is 0 Å². The Kier molecular flexibility index (Phi) is 2.63. The minimum absolute atomic E-state index is 0.200. The van der Waals surface area contributed by atoms with Gasteiger partial charge in [0.05, 0.1) is 11.3 Å². The van der Waals surface area contributed by atoms with Gasteiger partial charge in [0.25, 0.3) is 0 Å². The topological polar surface area (TPSA) is 50.4 Å². The molecular formula is C14H11ClO3. The number of allylic oxidation sites excluding steroid dienone is 1. The fourth-order valence-electron chi connectivity index (χ4n) is 2.34. The van der Waals surface area contributed by atoms with Crippen molar-refractivity contribution in [2.75, 3.05) is 0 Å². The van der Waals surface area contributed by atoms with Crippen LogP contribution in [-0.4, -0.2) is 5.11 Å². The zero-order valence-corrected chi connectivity index (χ0v) is 10.3. The van der Waals surface area contributed by atoms with Crippen molar-refractivity contribution in [3.05, 3.63) is 51.0 Å². The van der Waals surface area contributed by atoms with Gasteiger partial charge in [0.2, 0.25) is 5.43 Å². The molecule has 0 aromatic carbocycles. The van der Waals surface area contributed by atoms with Crippen molar-refractivity contribution in [2.24, 2.45) is 0 Å². The van der Waals surface area contributed by atoms with E-state index in [2.05, 4.69) is 0 Å². The number of hydrogen-bond donors (Lipinski definition) is 1. The van der Waals surface area contributed by atoms with Crippen molar-refractivity contribution in [3.63, 3.8) is 0 Å². The summed E-state index contributed by atoms with van der Waals surface area (Å²) >= 11 is 5.82. The maximum atomic E-state index is 11.5. The Morgan fingerprint density at radius 1 is 1.28 bits per heavy atom. The lowest BCUT2D eigenvalue weighted by Crippen LogP contribution is -2.06. The number of rotatable bonds is 0. The Hall–Kier alpha value is -1.74. The number of aliphatic hydroxyl groups is 1. The first-order valence-corrected chi connectivity index (χ1v) is 6.17. The maximum absolute atomic E-state index is 11.5. The van der Waals surface area contributed by atoms with Crippen molar-refractivity contribution >= 4 is 17.2 Å². The molecule has 3 aliphatic rings. The molecule has 18 heavy (non-hydrogen) atoms. The van der Waals surface area contributed by atoms with E-state index in [1.807, 2.05) is 6.07 Å². The number of halogens is 1. The summed E-state index contributed by atoms with van der Waals surface area (Å²) in [5, 5.41) is 9.40. The highest BCUT2D eigenvalue weighted by atomic mass is 35.5. The molecule has 92 valence electrons. The molecule has 0 bridgehead atoms. The molecular weight excluding hydrogens is 252 g/mol. The molecule has 0 fully saturated rings. The molecule has 3 rings (SSSR count). The zero-order chi connectivity index (χ0) is 12.7. The fourth-order valence-corrected chi connectivity index (χ4v) is 2.52. The first kappa shape index (κ1) is 11.4. The Morgan fingerprint density at radius 2 is 2.11 bits per heavy atom. The predicted octanol–water partition coefficient (Wildman–Crippen LogP) is 3.63. The molecule has 0 amide bonds. The standard InChI is InChI=1S/C14H11ClO3/c15-11-5-10-4-8-2-1-3-9(7-16)14(8)18-13(10)6-12(11)17/h4-7,16H,1-3H2/b9-7+. The molecule has 0 atom stereocenters. The second-order valence-corrected chi connectivity index (χ2v) is 4.84. The van der Waals surface area contributed by atoms with Gasteiger partial charge in [-0.1, -0.05) is 11.6 Å². The van der Waals surface area contributed by atoms with E-state index in [9.17, 15) is 9.90 Å². The molecule has 0 radical (unpaired) electrons. The van der Waals surface area contributed by atoms with Crippen LogP contribution in [0.1, 0.15) is 24.2 Å². The van der Waals surface area contributed by atoms with Gasteiger partial charge >= 0.3 is 0 Å². The first-order chi connectivity index (χ1) is 8.69. The van der Waals surface area contributed by atoms with Crippen LogP contribution in [0.2, 0.25) is 5.02 Å². The Balaban J connectivity index is 2.31. The molecule has 0 unspecified atom stereocenters. The average molecular weight is 263 g/mol. The highest BCUT2D eigenvalue weighted by molar-refractivity contribution is 6.30. The van der Waals surface area contributed by atoms with Gasteiger partial charge in [-0.15, -0.1) is 0 Å². The molecule has 1 aliphatic heterocycles. The predicted molar refractivity (Wildman–Crippen MR) is 70.2 cm³/mol. The van der Waals surface area contributed by atoms with Crippen LogP contribution in [0.4, 0.5) is 0 Å². The van der Waals surface area contributed by atoms with Gasteiger partial charge in [-0.2, -0.15) is 0 Å². The van der Waals surface area contributed by atoms with E-state index in [-0.39, 0.29) is 10.5 Å². The van der Waals surface area contributed by atoms with Crippen LogP contribution in [0, 0.1) is 0 Å². The van der Waals surface area contributed by atoms with E-state index in [0.717, 1.165) is 42.2 Å². The summed E-state index contributed by atoms with van der Waals surface area (Å²) in [5.41, 5.74) is 2.39. The van der Waals surface area contributed by atoms with Crippen molar-refractivity contribution in [1.82, 2.24) is 0 Å². The molecule has 2 aliphatic carbocycles. The summed E-state index contributed by atoms with van der Waals surface area (Å²) < 4.78 is 5.74. The summed E-state index contributed by atoms with van der Waals surface area (Å²) in [7, 11) is 0. The third kappa shape index (κ3) is 1.71. The van der Waals surface area contributed by atoms with Gasteiger partial charge in [0, 0.05) is 17.2 Å². The van der Waals surface area contributed by atoms with Crippen LogP contribution in [0.25, 0.3) is 16.9 Å². The smallest absolute Gasteiger partial charge is 0.200 e. The number of aliphatic hydroxyl groups excluding tert-OH is 1. The molecule has 1 N–H and O–H groups in total. The largest absolute Gasteiger partial charge is 0.515 e. The van der Waals surface area contributed by atoms with E-state index >= 15 is 0 Å². The number of fused-ring (bicyclic) bond motifs is 2. The Labute approximate surface area is 109 Å². The highest BCUT2D eigenvalue weighted by Gasteiger charge is 2.20. The fraction of sp³-hybridized carbons (Fsp3) is 0.214. The molecule has 0 saturated carbocycles. The number of aryl methyl sites for hydroxylation is 1. The van der Waals surface area contributed by atoms with Gasteiger partial charge in [0.1, 0.15) is 11.5 Å². The van der Waals surface area contributed by atoms with Crippen molar-refractivity contribution in [2.45, 2.75) is 19.3 Å². The Bertz CT molecular complexity index is 670. The normalized spacial score (nSPS) is 17.1. The molecule has 0 saturated heterocycles. The molecule has 0 spiro atoms. The van der Waals surface area contributed by atoms with Crippen LogP contribution >= 0.6 is 11.6 Å². The number of hydrogen-bond acceptors (Lipinski definition) is 3. The lowest BCUT2D eigenvalue weighted by molar-refractivity contribution is 0.464. The summed E-state index contributed by atoms with van der Waals surface area (Å²) in [6, 6.07) is 4.99. The highest BCUT2D eigenvalue weighted by Crippen LogP contribution is 2.36. The zero-order valence-electron chi connectivity index (χ0n) is 9.57. The number of benzene rings is 1. The average Bonchev–Trinajstić information content (AvgIpc) is 2.37. The van der Waals surface area contributed by atoms with Crippen LogP contribution in [-0.2, 0) is 6.42 Å². The van der Waals surface area contributed by atoms with E-state index in [4.69, 9.17) is 16.0 Å².